The van der Waals surface area contributed by atoms with Gasteiger partial charge in [-0.3, -0.25) is 9.59 Å². The maximum Gasteiger partial charge on any atom is 0.320 e. The summed E-state index contributed by atoms with van der Waals surface area (Å²) in [4.78, 5) is 22.2. The van der Waals surface area contributed by atoms with Gasteiger partial charge in [-0.05, 0) is 30.4 Å². The molecule has 1 unspecified atom stereocenters. The molecular weight excluding hydrogens is 335 g/mol. The Bertz CT molecular complexity index is 514. The molecule has 8 heteroatoms. The molecule has 4 N–H and O–H groups in total. The van der Waals surface area contributed by atoms with Crippen molar-refractivity contribution in [3.05, 3.63) is 28.2 Å². The maximum atomic E-state index is 11.7. The van der Waals surface area contributed by atoms with Crippen LogP contribution in [0.5, 0.6) is 0 Å². The Morgan fingerprint density at radius 3 is 2.71 bits per heavy atom. The monoisotopic (exact) mass is 350 g/mol. The molecule has 0 spiro atoms. The van der Waals surface area contributed by atoms with E-state index in [9.17, 15) is 9.59 Å². The Kier molecular flexibility index (Phi) is 7.88. The van der Waals surface area contributed by atoms with E-state index in [1.165, 1.54) is 11.8 Å². The van der Waals surface area contributed by atoms with Crippen LogP contribution in [0.4, 0.5) is 5.69 Å². The molecule has 0 aliphatic heterocycles. The van der Waals surface area contributed by atoms with Crippen molar-refractivity contribution in [1.29, 1.82) is 0 Å². The summed E-state index contributed by atoms with van der Waals surface area (Å²) in [5.74, 6) is -0.00666. The lowest BCUT2D eigenvalue weighted by molar-refractivity contribution is -0.138. The van der Waals surface area contributed by atoms with E-state index >= 15 is 0 Å². The van der Waals surface area contributed by atoms with Crippen molar-refractivity contribution < 1.29 is 14.7 Å². The van der Waals surface area contributed by atoms with Gasteiger partial charge in [-0.15, -0.1) is 0 Å². The summed E-state index contributed by atoms with van der Waals surface area (Å²) in [7, 11) is 0. The highest BCUT2D eigenvalue weighted by Gasteiger charge is 2.11. The number of nitrogens with two attached hydrogens (primary N) is 1. The van der Waals surface area contributed by atoms with E-state index in [-0.39, 0.29) is 5.91 Å². The minimum Gasteiger partial charge on any atom is -0.480 e. The topological polar surface area (TPSA) is 92.4 Å². The lowest BCUT2D eigenvalue weighted by atomic mass is 10.2. The van der Waals surface area contributed by atoms with E-state index in [4.69, 9.17) is 34.0 Å². The fourth-order valence-corrected chi connectivity index (χ4v) is 2.70. The lowest BCUT2D eigenvalue weighted by Crippen LogP contribution is -2.30. The second kappa shape index (κ2) is 9.15. The summed E-state index contributed by atoms with van der Waals surface area (Å²) >= 11 is 13.2. The van der Waals surface area contributed by atoms with E-state index in [2.05, 4.69) is 5.32 Å². The number of nitrogens with one attached hydrogen (secondary N) is 1. The van der Waals surface area contributed by atoms with Crippen LogP contribution in [0, 0.1) is 0 Å². The summed E-state index contributed by atoms with van der Waals surface area (Å²) in [6.45, 7) is 0. The third kappa shape index (κ3) is 7.04. The number of halogens is 2. The average Bonchev–Trinajstić information content (AvgIpc) is 2.42. The van der Waals surface area contributed by atoms with Gasteiger partial charge in [-0.2, -0.15) is 11.8 Å². The molecule has 1 rings (SSSR count). The number of hydrogen-bond acceptors (Lipinski definition) is 4. The second-order valence-corrected chi connectivity index (χ2v) is 6.34. The number of benzene rings is 1. The molecule has 1 aromatic rings. The van der Waals surface area contributed by atoms with Gasteiger partial charge in [0.15, 0.2) is 0 Å². The van der Waals surface area contributed by atoms with Crippen molar-refractivity contribution in [3.8, 4) is 0 Å². The molecule has 0 aliphatic rings. The predicted molar refractivity (Wildman–Crippen MR) is 87.3 cm³/mol. The Labute approximate surface area is 137 Å². The molecular formula is C13H16Cl2N2O3S. The van der Waals surface area contributed by atoms with Crippen molar-refractivity contribution in [2.75, 3.05) is 16.8 Å². The standard InChI is InChI=1S/C13H16Cl2N2O3S/c14-8-1-2-9(15)11(7-8)17-12(18)4-6-21-5-3-10(16)13(19)20/h1-2,7,10H,3-6,16H2,(H,17,18)(H,19,20). The first-order valence-corrected chi connectivity index (χ1v) is 8.12. The number of carboxylic acid groups (broad SMARTS) is 1. The van der Waals surface area contributed by atoms with Gasteiger partial charge in [0.05, 0.1) is 10.7 Å². The van der Waals surface area contributed by atoms with Crippen LogP contribution in [0.1, 0.15) is 12.8 Å². The van der Waals surface area contributed by atoms with E-state index in [1.807, 2.05) is 0 Å². The second-order valence-electron chi connectivity index (χ2n) is 4.27. The minimum absolute atomic E-state index is 0.172. The molecule has 0 radical (unpaired) electrons. The van der Waals surface area contributed by atoms with Crippen molar-refractivity contribution in [2.45, 2.75) is 18.9 Å². The number of rotatable bonds is 8. The van der Waals surface area contributed by atoms with Gasteiger partial charge in [0.1, 0.15) is 6.04 Å². The van der Waals surface area contributed by atoms with Crippen LogP contribution in [0.15, 0.2) is 18.2 Å². The Hall–Kier alpha value is -0.950. The molecule has 0 aromatic heterocycles. The fourth-order valence-electron chi connectivity index (χ4n) is 1.41. The molecule has 0 heterocycles. The Balaban J connectivity index is 2.25. The number of carbonyl (C=O) groups is 2. The lowest BCUT2D eigenvalue weighted by Gasteiger charge is -2.08. The van der Waals surface area contributed by atoms with Crippen molar-refractivity contribution in [2.24, 2.45) is 5.73 Å². The number of anilines is 1. The molecule has 1 atom stereocenters. The molecule has 0 aliphatic carbocycles. The molecule has 0 saturated carbocycles. The van der Waals surface area contributed by atoms with Gasteiger partial charge in [-0.25, -0.2) is 0 Å². The van der Waals surface area contributed by atoms with Crippen molar-refractivity contribution in [3.63, 3.8) is 0 Å². The van der Waals surface area contributed by atoms with Gasteiger partial charge < -0.3 is 16.2 Å². The summed E-state index contributed by atoms with van der Waals surface area (Å²) in [6, 6.07) is 3.99. The quantitative estimate of drug-likeness (QED) is 0.627. The first kappa shape index (κ1) is 18.1. The molecule has 1 aromatic carbocycles. The number of thioether (sulfide) groups is 1. The number of aliphatic carboxylic acids is 1. The highest BCUT2D eigenvalue weighted by atomic mass is 35.5. The van der Waals surface area contributed by atoms with Crippen LogP contribution in [-0.4, -0.2) is 34.5 Å². The number of carbonyl (C=O) groups excluding carboxylic acids is 1. The van der Waals surface area contributed by atoms with E-state index in [0.717, 1.165) is 0 Å². The summed E-state index contributed by atoms with van der Waals surface area (Å²) in [5.41, 5.74) is 5.85. The first-order valence-electron chi connectivity index (χ1n) is 6.21. The molecule has 1 amide bonds. The number of carboxylic acids is 1. The molecule has 21 heavy (non-hydrogen) atoms. The highest BCUT2D eigenvalue weighted by molar-refractivity contribution is 7.99. The third-order valence-corrected chi connectivity index (χ3v) is 4.15. The molecule has 5 nitrogen and oxygen atoms in total. The van der Waals surface area contributed by atoms with Gasteiger partial charge in [0.25, 0.3) is 0 Å². The zero-order valence-electron chi connectivity index (χ0n) is 11.1. The molecule has 0 bridgehead atoms. The molecule has 0 saturated heterocycles. The van der Waals surface area contributed by atoms with Crippen LogP contribution < -0.4 is 11.1 Å². The molecule has 116 valence electrons. The van der Waals surface area contributed by atoms with Crippen LogP contribution in [0.3, 0.4) is 0 Å². The SMILES string of the molecule is NC(CCSCCC(=O)Nc1cc(Cl)ccc1Cl)C(=O)O. The Morgan fingerprint density at radius 1 is 1.33 bits per heavy atom. The van der Waals surface area contributed by atoms with Gasteiger partial charge in [0.2, 0.25) is 5.91 Å². The third-order valence-electron chi connectivity index (χ3n) is 2.57. The van der Waals surface area contributed by atoms with Crippen LogP contribution in [0.25, 0.3) is 0 Å². The Morgan fingerprint density at radius 2 is 2.05 bits per heavy atom. The normalized spacial score (nSPS) is 12.0. The summed E-state index contributed by atoms with van der Waals surface area (Å²) in [6.07, 6.45) is 0.678. The maximum absolute atomic E-state index is 11.7. The molecule has 0 fully saturated rings. The number of amides is 1. The van der Waals surface area contributed by atoms with Crippen molar-refractivity contribution in [1.82, 2.24) is 0 Å². The predicted octanol–water partition coefficient (Wildman–Crippen LogP) is 2.86. The smallest absolute Gasteiger partial charge is 0.320 e. The minimum atomic E-state index is -1.01. The van der Waals surface area contributed by atoms with Crippen molar-refractivity contribution >= 4 is 52.5 Å². The van der Waals surface area contributed by atoms with Gasteiger partial charge in [0, 0.05) is 17.2 Å². The summed E-state index contributed by atoms with van der Waals surface area (Å²) < 4.78 is 0. The summed E-state index contributed by atoms with van der Waals surface area (Å²) in [5, 5.41) is 12.2. The van der Waals surface area contributed by atoms with Gasteiger partial charge >= 0.3 is 5.97 Å². The van der Waals surface area contributed by atoms with Gasteiger partial charge in [-0.1, -0.05) is 23.2 Å². The highest BCUT2D eigenvalue weighted by Crippen LogP contribution is 2.25. The van der Waals surface area contributed by atoms with Crippen LogP contribution >= 0.6 is 35.0 Å². The van der Waals surface area contributed by atoms with E-state index in [1.54, 1.807) is 18.2 Å². The van der Waals surface area contributed by atoms with E-state index < -0.39 is 12.0 Å². The first-order chi connectivity index (χ1) is 9.90. The average molecular weight is 351 g/mol. The van der Waals surface area contributed by atoms with Crippen LogP contribution in [0.2, 0.25) is 10.0 Å². The van der Waals surface area contributed by atoms with E-state index in [0.29, 0.717) is 40.1 Å². The zero-order valence-corrected chi connectivity index (χ0v) is 13.5. The fraction of sp³-hybridized carbons (Fsp3) is 0.385. The van der Waals surface area contributed by atoms with Crippen LogP contribution in [-0.2, 0) is 9.59 Å². The largest absolute Gasteiger partial charge is 0.480 e. The zero-order chi connectivity index (χ0) is 15.8. The number of hydrogen-bond donors (Lipinski definition) is 3.